The Labute approximate surface area is 130 Å². The molecule has 0 radical (unpaired) electrons. The van der Waals surface area contributed by atoms with Gasteiger partial charge >= 0.3 is 5.97 Å². The molecule has 23 heavy (non-hydrogen) atoms. The summed E-state index contributed by atoms with van der Waals surface area (Å²) in [7, 11) is 1.25. The van der Waals surface area contributed by atoms with E-state index in [-0.39, 0.29) is 18.0 Å². The van der Waals surface area contributed by atoms with E-state index in [9.17, 15) is 19.3 Å². The first-order valence-electron chi connectivity index (χ1n) is 6.41. The number of ether oxygens (including phenoxy) is 3. The quantitative estimate of drug-likeness (QED) is 0.461. The lowest BCUT2D eigenvalue weighted by Gasteiger charge is -2.08. The molecule has 0 aliphatic heterocycles. The third-order valence-corrected chi connectivity index (χ3v) is 2.76. The average molecular weight is 321 g/mol. The monoisotopic (exact) mass is 321 g/mol. The molecule has 8 heteroatoms. The van der Waals surface area contributed by atoms with Crippen LogP contribution in [0.5, 0.6) is 17.2 Å². The van der Waals surface area contributed by atoms with Crippen LogP contribution in [-0.2, 0) is 9.53 Å². The molecule has 2 aromatic carbocycles. The molecule has 0 saturated heterocycles. The van der Waals surface area contributed by atoms with Crippen LogP contribution in [-0.4, -0.2) is 24.6 Å². The highest BCUT2D eigenvalue weighted by Gasteiger charge is 2.12. The standard InChI is InChI=1S/C15H12FNO6/c1-21-15(18)9-22-11-3-5-12(6-4-11)23-14-7-2-10(17(19)20)8-13(14)16/h2-8H,9H2,1H3. The number of hydrogen-bond donors (Lipinski definition) is 0. The summed E-state index contributed by atoms with van der Waals surface area (Å²) in [6, 6.07) is 9.18. The number of rotatable bonds is 6. The van der Waals surface area contributed by atoms with E-state index in [1.54, 1.807) is 0 Å². The Balaban J connectivity index is 2.03. The second kappa shape index (κ2) is 7.21. The van der Waals surface area contributed by atoms with Gasteiger partial charge in [-0.05, 0) is 30.3 Å². The molecule has 2 rings (SSSR count). The van der Waals surface area contributed by atoms with Gasteiger partial charge in [0, 0.05) is 6.07 Å². The normalized spacial score (nSPS) is 10.0. The van der Waals surface area contributed by atoms with Gasteiger partial charge in [0.2, 0.25) is 0 Å². The third-order valence-electron chi connectivity index (χ3n) is 2.76. The summed E-state index contributed by atoms with van der Waals surface area (Å²) < 4.78 is 28.6. The number of carbonyl (C=O) groups excluding carboxylic acids is 1. The molecule has 0 aliphatic rings. The van der Waals surface area contributed by atoms with Gasteiger partial charge in [0.15, 0.2) is 18.2 Å². The molecule has 0 amide bonds. The number of halogens is 1. The van der Waals surface area contributed by atoms with Crippen molar-refractivity contribution in [3.63, 3.8) is 0 Å². The van der Waals surface area contributed by atoms with Crippen LogP contribution in [0, 0.1) is 15.9 Å². The van der Waals surface area contributed by atoms with Gasteiger partial charge in [0.1, 0.15) is 11.5 Å². The topological polar surface area (TPSA) is 87.9 Å². The lowest BCUT2D eigenvalue weighted by molar-refractivity contribution is -0.385. The second-order valence-electron chi connectivity index (χ2n) is 4.31. The molecule has 0 bridgehead atoms. The number of nitro benzene ring substituents is 1. The number of nitrogens with zero attached hydrogens (tertiary/aromatic N) is 1. The van der Waals surface area contributed by atoms with Crippen LogP contribution in [0.2, 0.25) is 0 Å². The molecule has 120 valence electrons. The van der Waals surface area contributed by atoms with Crippen LogP contribution < -0.4 is 9.47 Å². The SMILES string of the molecule is COC(=O)COc1ccc(Oc2ccc([N+](=O)[O-])cc2F)cc1. The molecule has 0 N–H and O–H groups in total. The van der Waals surface area contributed by atoms with E-state index >= 15 is 0 Å². The lowest BCUT2D eigenvalue weighted by atomic mass is 10.3. The van der Waals surface area contributed by atoms with Gasteiger partial charge in [0.25, 0.3) is 5.69 Å². The summed E-state index contributed by atoms with van der Waals surface area (Å²) in [6.07, 6.45) is 0. The third kappa shape index (κ3) is 4.40. The molecular weight excluding hydrogens is 309 g/mol. The van der Waals surface area contributed by atoms with E-state index in [0.29, 0.717) is 11.5 Å². The fourth-order valence-corrected chi connectivity index (χ4v) is 1.62. The van der Waals surface area contributed by atoms with Crippen LogP contribution in [0.3, 0.4) is 0 Å². The van der Waals surface area contributed by atoms with Gasteiger partial charge in [-0.15, -0.1) is 0 Å². The Morgan fingerprint density at radius 1 is 1.17 bits per heavy atom. The highest BCUT2D eigenvalue weighted by Crippen LogP contribution is 2.28. The second-order valence-corrected chi connectivity index (χ2v) is 4.31. The largest absolute Gasteiger partial charge is 0.482 e. The van der Waals surface area contributed by atoms with Crippen LogP contribution in [0.4, 0.5) is 10.1 Å². The minimum Gasteiger partial charge on any atom is -0.482 e. The van der Waals surface area contributed by atoms with Crippen molar-refractivity contribution in [2.75, 3.05) is 13.7 Å². The van der Waals surface area contributed by atoms with Gasteiger partial charge in [-0.25, -0.2) is 9.18 Å². The zero-order chi connectivity index (χ0) is 16.8. The Kier molecular flexibility index (Phi) is 5.08. The van der Waals surface area contributed by atoms with Crippen molar-refractivity contribution in [2.45, 2.75) is 0 Å². The molecule has 0 aromatic heterocycles. The maximum Gasteiger partial charge on any atom is 0.343 e. The Morgan fingerprint density at radius 2 is 1.83 bits per heavy atom. The van der Waals surface area contributed by atoms with Crippen LogP contribution in [0.15, 0.2) is 42.5 Å². The number of hydrogen-bond acceptors (Lipinski definition) is 6. The van der Waals surface area contributed by atoms with E-state index < -0.39 is 16.7 Å². The maximum atomic E-state index is 13.7. The first-order valence-corrected chi connectivity index (χ1v) is 6.41. The van der Waals surface area contributed by atoms with Crippen LogP contribution >= 0.6 is 0 Å². The highest BCUT2D eigenvalue weighted by atomic mass is 19.1. The lowest BCUT2D eigenvalue weighted by Crippen LogP contribution is -2.12. The number of non-ortho nitro benzene ring substituents is 1. The smallest absolute Gasteiger partial charge is 0.343 e. The predicted octanol–water partition coefficient (Wildman–Crippen LogP) is 3.08. The predicted molar refractivity (Wildman–Crippen MR) is 77.1 cm³/mol. The summed E-state index contributed by atoms with van der Waals surface area (Å²) in [5.74, 6) is -0.780. The van der Waals surface area contributed by atoms with Crippen molar-refractivity contribution in [3.05, 3.63) is 58.4 Å². The van der Waals surface area contributed by atoms with E-state index in [1.165, 1.54) is 37.4 Å². The van der Waals surface area contributed by atoms with E-state index in [2.05, 4.69) is 4.74 Å². The molecule has 0 fully saturated rings. The Morgan fingerprint density at radius 3 is 2.39 bits per heavy atom. The highest BCUT2D eigenvalue weighted by molar-refractivity contribution is 5.70. The molecule has 0 heterocycles. The van der Waals surface area contributed by atoms with E-state index in [4.69, 9.17) is 9.47 Å². The van der Waals surface area contributed by atoms with Crippen LogP contribution in [0.25, 0.3) is 0 Å². The fraction of sp³-hybridized carbons (Fsp3) is 0.133. The van der Waals surface area contributed by atoms with Gasteiger partial charge in [0.05, 0.1) is 18.1 Å². The fourth-order valence-electron chi connectivity index (χ4n) is 1.62. The number of nitro groups is 1. The van der Waals surface area contributed by atoms with E-state index in [0.717, 1.165) is 12.1 Å². The first kappa shape index (κ1) is 16.2. The molecule has 0 spiro atoms. The molecular formula is C15H12FNO6. The summed E-state index contributed by atoms with van der Waals surface area (Å²) in [5.41, 5.74) is -0.360. The average Bonchev–Trinajstić information content (AvgIpc) is 2.55. The zero-order valence-corrected chi connectivity index (χ0v) is 12.0. The van der Waals surface area contributed by atoms with Crippen molar-refractivity contribution in [2.24, 2.45) is 0 Å². The molecule has 0 saturated carbocycles. The summed E-state index contributed by atoms with van der Waals surface area (Å²) in [6.45, 7) is -0.228. The Hall–Kier alpha value is -3.16. The van der Waals surface area contributed by atoms with Crippen molar-refractivity contribution in [3.8, 4) is 17.2 Å². The molecule has 0 aliphatic carbocycles. The molecule has 7 nitrogen and oxygen atoms in total. The molecule has 2 aromatic rings. The van der Waals surface area contributed by atoms with Crippen molar-refractivity contribution in [1.82, 2.24) is 0 Å². The summed E-state index contributed by atoms with van der Waals surface area (Å²) in [5, 5.41) is 10.5. The summed E-state index contributed by atoms with van der Waals surface area (Å²) in [4.78, 5) is 20.8. The van der Waals surface area contributed by atoms with Gasteiger partial charge in [-0.1, -0.05) is 0 Å². The minimum absolute atomic E-state index is 0.140. The van der Waals surface area contributed by atoms with Crippen molar-refractivity contribution >= 4 is 11.7 Å². The number of esters is 1. The van der Waals surface area contributed by atoms with Crippen LogP contribution in [0.1, 0.15) is 0 Å². The summed E-state index contributed by atoms with van der Waals surface area (Å²) >= 11 is 0. The van der Waals surface area contributed by atoms with E-state index in [1.807, 2.05) is 0 Å². The van der Waals surface area contributed by atoms with Crippen molar-refractivity contribution < 1.29 is 28.3 Å². The number of benzene rings is 2. The molecule has 0 atom stereocenters. The molecule has 0 unspecified atom stereocenters. The first-order chi connectivity index (χ1) is 11.0. The van der Waals surface area contributed by atoms with Gasteiger partial charge < -0.3 is 14.2 Å². The Bertz CT molecular complexity index is 716. The maximum absolute atomic E-state index is 13.7. The number of methoxy groups -OCH3 is 1. The van der Waals surface area contributed by atoms with Crippen molar-refractivity contribution in [1.29, 1.82) is 0 Å². The van der Waals surface area contributed by atoms with Gasteiger partial charge in [-0.3, -0.25) is 10.1 Å². The minimum atomic E-state index is -0.842. The zero-order valence-electron chi connectivity index (χ0n) is 12.0. The number of carbonyl (C=O) groups is 1. The van der Waals surface area contributed by atoms with Gasteiger partial charge in [-0.2, -0.15) is 0 Å².